The van der Waals surface area contributed by atoms with Crippen LogP contribution < -0.4 is 10.6 Å². The van der Waals surface area contributed by atoms with E-state index < -0.39 is 30.9 Å². The molecule has 1 aromatic rings. The van der Waals surface area contributed by atoms with Gasteiger partial charge in [0.1, 0.15) is 6.42 Å². The molecule has 0 heterocycles. The van der Waals surface area contributed by atoms with Crippen LogP contribution in [0.2, 0.25) is 0 Å². The van der Waals surface area contributed by atoms with Crippen molar-refractivity contribution in [3.63, 3.8) is 0 Å². The highest BCUT2D eigenvalue weighted by Gasteiger charge is 2.34. The Hall–Kier alpha value is -2.25. The zero-order valence-electron chi connectivity index (χ0n) is 10.4. The standard InChI is InChI=1S/C12H13F3N2O3/c13-12(14,15)7-10(18)17(6-5-11(19)20)9-4-2-1-3-8(9)16/h1-4H,5-7,16H2,(H,19,20). The van der Waals surface area contributed by atoms with Gasteiger partial charge in [0.05, 0.1) is 17.8 Å². The van der Waals surface area contributed by atoms with E-state index in [1.165, 1.54) is 18.2 Å². The number of carboxylic acid groups (broad SMARTS) is 1. The van der Waals surface area contributed by atoms with E-state index in [0.29, 0.717) is 0 Å². The van der Waals surface area contributed by atoms with Crippen LogP contribution in [0, 0.1) is 0 Å². The number of aliphatic carboxylic acids is 1. The van der Waals surface area contributed by atoms with E-state index in [1.807, 2.05) is 0 Å². The van der Waals surface area contributed by atoms with Crippen LogP contribution in [-0.4, -0.2) is 29.7 Å². The third kappa shape index (κ3) is 4.79. The molecule has 0 aliphatic heterocycles. The number of amides is 1. The van der Waals surface area contributed by atoms with Gasteiger partial charge < -0.3 is 15.7 Å². The Kier molecular flexibility index (Phi) is 4.95. The van der Waals surface area contributed by atoms with Gasteiger partial charge in [-0.15, -0.1) is 0 Å². The quantitative estimate of drug-likeness (QED) is 0.813. The maximum atomic E-state index is 12.3. The molecule has 0 atom stereocenters. The second-order valence-electron chi connectivity index (χ2n) is 4.04. The summed E-state index contributed by atoms with van der Waals surface area (Å²) in [6.07, 6.45) is -6.80. The normalized spacial score (nSPS) is 11.2. The predicted molar refractivity (Wildman–Crippen MR) is 66.1 cm³/mol. The number of carbonyl (C=O) groups excluding carboxylic acids is 1. The van der Waals surface area contributed by atoms with Crippen molar-refractivity contribution in [3.05, 3.63) is 24.3 Å². The Morgan fingerprint density at radius 1 is 1.25 bits per heavy atom. The van der Waals surface area contributed by atoms with Crippen molar-refractivity contribution in [2.45, 2.75) is 19.0 Å². The summed E-state index contributed by atoms with van der Waals surface area (Å²) in [6, 6.07) is 5.85. The minimum absolute atomic E-state index is 0.0722. The molecule has 110 valence electrons. The molecule has 8 heteroatoms. The van der Waals surface area contributed by atoms with Crippen LogP contribution in [0.1, 0.15) is 12.8 Å². The van der Waals surface area contributed by atoms with E-state index >= 15 is 0 Å². The summed E-state index contributed by atoms with van der Waals surface area (Å²) >= 11 is 0. The van der Waals surface area contributed by atoms with Crippen LogP contribution in [0.25, 0.3) is 0 Å². The van der Waals surface area contributed by atoms with E-state index in [-0.39, 0.29) is 17.9 Å². The Morgan fingerprint density at radius 3 is 2.35 bits per heavy atom. The van der Waals surface area contributed by atoms with Crippen molar-refractivity contribution in [3.8, 4) is 0 Å². The Bertz CT molecular complexity index is 503. The maximum absolute atomic E-state index is 12.3. The van der Waals surface area contributed by atoms with Gasteiger partial charge in [-0.25, -0.2) is 0 Å². The molecule has 20 heavy (non-hydrogen) atoms. The Morgan fingerprint density at radius 2 is 1.85 bits per heavy atom. The van der Waals surface area contributed by atoms with Crippen molar-refractivity contribution >= 4 is 23.3 Å². The molecule has 0 radical (unpaired) electrons. The molecule has 0 unspecified atom stereocenters. The first-order valence-corrected chi connectivity index (χ1v) is 5.64. The zero-order chi connectivity index (χ0) is 15.3. The minimum Gasteiger partial charge on any atom is -0.481 e. The molecule has 1 amide bonds. The average Bonchev–Trinajstić information content (AvgIpc) is 2.28. The first-order chi connectivity index (χ1) is 9.20. The summed E-state index contributed by atoms with van der Waals surface area (Å²) in [5.41, 5.74) is 5.78. The smallest absolute Gasteiger partial charge is 0.397 e. The van der Waals surface area contributed by atoms with Crippen LogP contribution in [0.4, 0.5) is 24.5 Å². The number of benzene rings is 1. The molecule has 0 saturated carbocycles. The highest BCUT2D eigenvalue weighted by Crippen LogP contribution is 2.27. The largest absolute Gasteiger partial charge is 0.481 e. The van der Waals surface area contributed by atoms with Gasteiger partial charge in [-0.05, 0) is 12.1 Å². The monoisotopic (exact) mass is 290 g/mol. The minimum atomic E-state index is -4.66. The number of nitrogens with zero attached hydrogens (tertiary/aromatic N) is 1. The fraction of sp³-hybridized carbons (Fsp3) is 0.333. The van der Waals surface area contributed by atoms with Gasteiger partial charge in [0, 0.05) is 6.54 Å². The summed E-state index contributed by atoms with van der Waals surface area (Å²) in [7, 11) is 0. The van der Waals surface area contributed by atoms with Crippen molar-refractivity contribution in [2.75, 3.05) is 17.2 Å². The van der Waals surface area contributed by atoms with Crippen LogP contribution in [0.5, 0.6) is 0 Å². The highest BCUT2D eigenvalue weighted by atomic mass is 19.4. The fourth-order valence-corrected chi connectivity index (χ4v) is 1.59. The Labute approximate surface area is 112 Å². The zero-order valence-corrected chi connectivity index (χ0v) is 10.4. The summed E-state index contributed by atoms with van der Waals surface area (Å²) in [6.45, 7) is -0.377. The Balaban J connectivity index is 2.99. The number of rotatable bonds is 5. The second-order valence-corrected chi connectivity index (χ2v) is 4.04. The first-order valence-electron chi connectivity index (χ1n) is 5.64. The van der Waals surface area contributed by atoms with Crippen LogP contribution in [0.15, 0.2) is 24.3 Å². The molecule has 0 aliphatic carbocycles. The fourth-order valence-electron chi connectivity index (χ4n) is 1.59. The van der Waals surface area contributed by atoms with Gasteiger partial charge in [-0.3, -0.25) is 9.59 Å². The molecule has 0 saturated heterocycles. The summed E-state index contributed by atoms with van der Waals surface area (Å²) in [4.78, 5) is 23.0. The number of para-hydroxylation sites is 2. The van der Waals surface area contributed by atoms with E-state index in [9.17, 15) is 22.8 Å². The number of carboxylic acids is 1. The van der Waals surface area contributed by atoms with Gasteiger partial charge in [-0.1, -0.05) is 12.1 Å². The van der Waals surface area contributed by atoms with Gasteiger partial charge in [-0.2, -0.15) is 13.2 Å². The average molecular weight is 290 g/mol. The molecule has 5 nitrogen and oxygen atoms in total. The van der Waals surface area contributed by atoms with Crippen LogP contribution in [0.3, 0.4) is 0 Å². The van der Waals surface area contributed by atoms with Crippen molar-refractivity contribution < 1.29 is 27.9 Å². The highest BCUT2D eigenvalue weighted by molar-refractivity contribution is 5.97. The van der Waals surface area contributed by atoms with Gasteiger partial charge in [0.2, 0.25) is 5.91 Å². The lowest BCUT2D eigenvalue weighted by atomic mass is 10.2. The third-order valence-corrected chi connectivity index (χ3v) is 2.43. The topological polar surface area (TPSA) is 83.6 Å². The van der Waals surface area contributed by atoms with Crippen molar-refractivity contribution in [2.24, 2.45) is 0 Å². The lowest BCUT2D eigenvalue weighted by molar-refractivity contribution is -0.151. The van der Waals surface area contributed by atoms with Crippen LogP contribution in [-0.2, 0) is 9.59 Å². The molecule has 3 N–H and O–H groups in total. The molecule has 0 aliphatic rings. The van der Waals surface area contributed by atoms with E-state index in [4.69, 9.17) is 10.8 Å². The number of alkyl halides is 3. The van der Waals surface area contributed by atoms with Gasteiger partial charge >= 0.3 is 12.1 Å². The van der Waals surface area contributed by atoms with Crippen molar-refractivity contribution in [1.82, 2.24) is 0 Å². The van der Waals surface area contributed by atoms with E-state index in [0.717, 1.165) is 4.90 Å². The SMILES string of the molecule is Nc1ccccc1N(CCC(=O)O)C(=O)CC(F)(F)F. The number of nitrogen functional groups attached to an aromatic ring is 1. The molecular weight excluding hydrogens is 277 g/mol. The number of nitrogens with two attached hydrogens (primary N) is 1. The molecule has 0 aromatic heterocycles. The molecule has 0 spiro atoms. The second kappa shape index (κ2) is 6.27. The lowest BCUT2D eigenvalue weighted by Gasteiger charge is -2.24. The first kappa shape index (κ1) is 15.8. The van der Waals surface area contributed by atoms with Gasteiger partial charge in [0.15, 0.2) is 0 Å². The molecule has 1 aromatic carbocycles. The van der Waals surface area contributed by atoms with E-state index in [2.05, 4.69) is 0 Å². The molecule has 0 fully saturated rings. The predicted octanol–water partition coefficient (Wildman–Crippen LogP) is 2.03. The number of halogens is 3. The van der Waals surface area contributed by atoms with Crippen molar-refractivity contribution in [1.29, 1.82) is 0 Å². The molecule has 1 rings (SSSR count). The summed E-state index contributed by atoms with van der Waals surface area (Å²) in [5, 5.41) is 8.60. The van der Waals surface area contributed by atoms with E-state index in [1.54, 1.807) is 6.07 Å². The number of hydrogen-bond acceptors (Lipinski definition) is 3. The maximum Gasteiger partial charge on any atom is 0.397 e. The van der Waals surface area contributed by atoms with Crippen LogP contribution >= 0.6 is 0 Å². The summed E-state index contributed by atoms with van der Waals surface area (Å²) < 4.78 is 36.9. The van der Waals surface area contributed by atoms with Gasteiger partial charge in [0.25, 0.3) is 0 Å². The summed E-state index contributed by atoms with van der Waals surface area (Å²) in [5.74, 6) is -2.46. The number of anilines is 2. The number of hydrogen-bond donors (Lipinski definition) is 2. The third-order valence-electron chi connectivity index (χ3n) is 2.43. The lowest BCUT2D eigenvalue weighted by Crippen LogP contribution is -2.36. The molecule has 0 bridgehead atoms. The molecular formula is C12H13F3N2O3. The number of carbonyl (C=O) groups is 2.